The van der Waals surface area contributed by atoms with Gasteiger partial charge in [-0.1, -0.05) is 39.5 Å². The molecule has 0 fully saturated rings. The van der Waals surface area contributed by atoms with Crippen molar-refractivity contribution in [2.45, 2.75) is 52.4 Å². The number of hydrogen-bond donors (Lipinski definition) is 1. The van der Waals surface area contributed by atoms with Crippen molar-refractivity contribution in [3.63, 3.8) is 0 Å². The van der Waals surface area contributed by atoms with Crippen LogP contribution in [0.3, 0.4) is 0 Å². The van der Waals surface area contributed by atoms with Crippen LogP contribution in [0.2, 0.25) is 0 Å². The lowest BCUT2D eigenvalue weighted by atomic mass is 9.97. The summed E-state index contributed by atoms with van der Waals surface area (Å²) in [5.74, 6) is -1.26. The van der Waals surface area contributed by atoms with Gasteiger partial charge in [0.1, 0.15) is 12.2 Å². The van der Waals surface area contributed by atoms with Gasteiger partial charge in [0.2, 0.25) is 0 Å². The van der Waals surface area contributed by atoms with E-state index in [1.165, 1.54) is 12.8 Å². The van der Waals surface area contributed by atoms with Crippen LogP contribution in [0.25, 0.3) is 0 Å². The quantitative estimate of drug-likeness (QED) is 0.484. The number of carbonyl (C=O) groups is 2. The van der Waals surface area contributed by atoms with Gasteiger partial charge in [0.25, 0.3) is 0 Å². The van der Waals surface area contributed by atoms with Gasteiger partial charge in [0.15, 0.2) is 0 Å². The van der Waals surface area contributed by atoms with Crippen molar-refractivity contribution in [2.75, 3.05) is 0 Å². The standard InChI is InChI=1S/C11H20O3/c1-3-4-5-6-7-9(2)10(12)8-11(13)14/h9H,3-8H2,1-2H3,(H,13,14). The molecule has 0 saturated heterocycles. The Bertz CT molecular complexity index is 187. The lowest BCUT2D eigenvalue weighted by molar-refractivity contribution is -0.141. The van der Waals surface area contributed by atoms with E-state index in [0.29, 0.717) is 0 Å². The third-order valence-corrected chi connectivity index (χ3v) is 2.37. The molecule has 0 spiro atoms. The second kappa shape index (κ2) is 7.54. The fourth-order valence-corrected chi connectivity index (χ4v) is 1.36. The van der Waals surface area contributed by atoms with Gasteiger partial charge in [-0.25, -0.2) is 0 Å². The first-order valence-electron chi connectivity index (χ1n) is 5.32. The molecule has 0 radical (unpaired) electrons. The summed E-state index contributed by atoms with van der Waals surface area (Å²) in [6.07, 6.45) is 5.04. The van der Waals surface area contributed by atoms with Gasteiger partial charge in [-0.3, -0.25) is 9.59 Å². The Hall–Kier alpha value is -0.860. The van der Waals surface area contributed by atoms with E-state index in [2.05, 4.69) is 6.92 Å². The fraction of sp³-hybridized carbons (Fsp3) is 0.818. The van der Waals surface area contributed by atoms with Gasteiger partial charge in [-0.05, 0) is 6.42 Å². The highest BCUT2D eigenvalue weighted by Gasteiger charge is 2.15. The molecule has 0 heterocycles. The maximum Gasteiger partial charge on any atom is 0.310 e. The van der Waals surface area contributed by atoms with E-state index < -0.39 is 5.97 Å². The van der Waals surface area contributed by atoms with Crippen LogP contribution in [0.4, 0.5) is 0 Å². The van der Waals surface area contributed by atoms with Crippen LogP contribution in [0.1, 0.15) is 52.4 Å². The number of unbranched alkanes of at least 4 members (excludes halogenated alkanes) is 3. The molecule has 0 aromatic carbocycles. The average molecular weight is 200 g/mol. The molecule has 1 N–H and O–H groups in total. The lowest BCUT2D eigenvalue weighted by Crippen LogP contribution is -2.15. The number of aliphatic carboxylic acids is 1. The Morgan fingerprint density at radius 3 is 2.36 bits per heavy atom. The molecule has 1 atom stereocenters. The largest absolute Gasteiger partial charge is 0.481 e. The second-order valence-corrected chi connectivity index (χ2v) is 3.79. The smallest absolute Gasteiger partial charge is 0.310 e. The number of carboxylic acid groups (broad SMARTS) is 1. The third kappa shape index (κ3) is 6.63. The molecular weight excluding hydrogens is 180 g/mol. The molecule has 82 valence electrons. The van der Waals surface area contributed by atoms with E-state index >= 15 is 0 Å². The van der Waals surface area contributed by atoms with Crippen LogP contribution in [-0.2, 0) is 9.59 Å². The van der Waals surface area contributed by atoms with Crippen LogP contribution in [-0.4, -0.2) is 16.9 Å². The lowest BCUT2D eigenvalue weighted by Gasteiger charge is -2.07. The molecule has 0 bridgehead atoms. The molecule has 0 amide bonds. The van der Waals surface area contributed by atoms with E-state index in [-0.39, 0.29) is 18.1 Å². The Balaban J connectivity index is 3.57. The predicted octanol–water partition coefficient (Wildman–Crippen LogP) is 2.64. The minimum absolute atomic E-state index is 0.0945. The Morgan fingerprint density at radius 2 is 1.86 bits per heavy atom. The van der Waals surface area contributed by atoms with Crippen molar-refractivity contribution in [2.24, 2.45) is 5.92 Å². The predicted molar refractivity (Wildman–Crippen MR) is 55.2 cm³/mol. The number of carboxylic acids is 1. The molecule has 0 aromatic rings. The van der Waals surface area contributed by atoms with Gasteiger partial charge >= 0.3 is 5.97 Å². The summed E-state index contributed by atoms with van der Waals surface area (Å²) < 4.78 is 0. The van der Waals surface area contributed by atoms with Gasteiger partial charge in [0.05, 0.1) is 0 Å². The normalized spacial score (nSPS) is 12.4. The first-order chi connectivity index (χ1) is 6.57. The molecule has 3 heteroatoms. The third-order valence-electron chi connectivity index (χ3n) is 2.37. The highest BCUT2D eigenvalue weighted by molar-refractivity contribution is 5.95. The summed E-state index contributed by atoms with van der Waals surface area (Å²) in [6, 6.07) is 0. The van der Waals surface area contributed by atoms with E-state index in [1.807, 2.05) is 6.92 Å². The monoisotopic (exact) mass is 200 g/mol. The highest BCUT2D eigenvalue weighted by Crippen LogP contribution is 2.12. The summed E-state index contributed by atoms with van der Waals surface area (Å²) in [6.45, 7) is 3.95. The molecule has 0 aliphatic heterocycles. The molecule has 3 nitrogen and oxygen atoms in total. The topological polar surface area (TPSA) is 54.4 Å². The molecule has 0 saturated carbocycles. The number of carbonyl (C=O) groups excluding carboxylic acids is 1. The second-order valence-electron chi connectivity index (χ2n) is 3.79. The van der Waals surface area contributed by atoms with Crippen LogP contribution in [0, 0.1) is 5.92 Å². The van der Waals surface area contributed by atoms with Crippen LogP contribution in [0.5, 0.6) is 0 Å². The number of rotatable bonds is 8. The summed E-state index contributed by atoms with van der Waals surface area (Å²) in [7, 11) is 0. The maximum atomic E-state index is 11.2. The van der Waals surface area contributed by atoms with Crippen molar-refractivity contribution >= 4 is 11.8 Å². The van der Waals surface area contributed by atoms with Crippen molar-refractivity contribution < 1.29 is 14.7 Å². The van der Waals surface area contributed by atoms with Gasteiger partial charge in [-0.15, -0.1) is 0 Å². The van der Waals surface area contributed by atoms with Crippen molar-refractivity contribution in [3.05, 3.63) is 0 Å². The Kier molecular flexibility index (Phi) is 7.07. The highest BCUT2D eigenvalue weighted by atomic mass is 16.4. The summed E-state index contributed by atoms with van der Waals surface area (Å²) >= 11 is 0. The summed E-state index contributed by atoms with van der Waals surface area (Å²) in [5.41, 5.74) is 0. The van der Waals surface area contributed by atoms with E-state index in [4.69, 9.17) is 5.11 Å². The molecule has 0 aliphatic carbocycles. The minimum Gasteiger partial charge on any atom is -0.481 e. The van der Waals surface area contributed by atoms with Crippen molar-refractivity contribution in [1.29, 1.82) is 0 Å². The molecule has 0 aromatic heterocycles. The number of hydrogen-bond acceptors (Lipinski definition) is 2. The Morgan fingerprint density at radius 1 is 1.21 bits per heavy atom. The van der Waals surface area contributed by atoms with E-state index in [9.17, 15) is 9.59 Å². The zero-order valence-corrected chi connectivity index (χ0v) is 9.08. The minimum atomic E-state index is -1.02. The van der Waals surface area contributed by atoms with E-state index in [1.54, 1.807) is 0 Å². The molecule has 1 unspecified atom stereocenters. The Labute approximate surface area is 85.5 Å². The summed E-state index contributed by atoms with van der Waals surface area (Å²) in [5, 5.41) is 8.42. The van der Waals surface area contributed by atoms with Crippen molar-refractivity contribution in [3.8, 4) is 0 Å². The molecule has 0 aliphatic rings. The van der Waals surface area contributed by atoms with Gasteiger partial charge in [-0.2, -0.15) is 0 Å². The number of ketones is 1. The van der Waals surface area contributed by atoms with Crippen LogP contribution >= 0.6 is 0 Å². The zero-order chi connectivity index (χ0) is 11.0. The number of Topliss-reactive ketones (excluding diaryl/α,β-unsaturated/α-hetero) is 1. The summed E-state index contributed by atoms with van der Waals surface area (Å²) in [4.78, 5) is 21.5. The van der Waals surface area contributed by atoms with E-state index in [0.717, 1.165) is 19.3 Å². The molecule has 0 rings (SSSR count). The average Bonchev–Trinajstić information content (AvgIpc) is 2.11. The van der Waals surface area contributed by atoms with Gasteiger partial charge < -0.3 is 5.11 Å². The SMILES string of the molecule is CCCCCCC(C)C(=O)CC(=O)O. The zero-order valence-electron chi connectivity index (χ0n) is 9.08. The fourth-order valence-electron chi connectivity index (χ4n) is 1.36. The van der Waals surface area contributed by atoms with Gasteiger partial charge in [0, 0.05) is 5.92 Å². The van der Waals surface area contributed by atoms with Crippen molar-refractivity contribution in [1.82, 2.24) is 0 Å². The first kappa shape index (κ1) is 13.1. The maximum absolute atomic E-state index is 11.2. The van der Waals surface area contributed by atoms with Crippen LogP contribution < -0.4 is 0 Å². The van der Waals surface area contributed by atoms with Crippen LogP contribution in [0.15, 0.2) is 0 Å². The first-order valence-corrected chi connectivity index (χ1v) is 5.32. The molecular formula is C11H20O3. The molecule has 14 heavy (non-hydrogen) atoms.